The first-order valence-electron chi connectivity index (χ1n) is 11.4. The summed E-state index contributed by atoms with van der Waals surface area (Å²) in [4.78, 5) is 42.1. The smallest absolute Gasteiger partial charge is 0.276 e. The Morgan fingerprint density at radius 2 is 1.66 bits per heavy atom. The number of hydrogen-bond acceptors (Lipinski definition) is 3. The molecule has 0 spiro atoms. The van der Waals surface area contributed by atoms with Crippen molar-refractivity contribution in [1.29, 1.82) is 0 Å². The van der Waals surface area contributed by atoms with E-state index in [9.17, 15) is 14.4 Å². The first-order valence-corrected chi connectivity index (χ1v) is 11.8. The molecular weight excluding hydrogens is 462 g/mol. The molecule has 1 heterocycles. The third kappa shape index (κ3) is 4.93. The number of carbonyl (C=O) groups is 2. The molecular formula is C28H22ClN3O3. The molecule has 0 bridgehead atoms. The maximum absolute atomic E-state index is 12.9. The summed E-state index contributed by atoms with van der Waals surface area (Å²) in [5.41, 5.74) is 2.20. The van der Waals surface area contributed by atoms with Crippen molar-refractivity contribution in [3.05, 3.63) is 112 Å². The normalized spacial score (nSPS) is 16.5. The van der Waals surface area contributed by atoms with Crippen molar-refractivity contribution in [2.75, 3.05) is 0 Å². The molecule has 0 aliphatic heterocycles. The van der Waals surface area contributed by atoms with Gasteiger partial charge in [-0.2, -0.15) is 0 Å². The summed E-state index contributed by atoms with van der Waals surface area (Å²) in [6.45, 7) is 0. The van der Waals surface area contributed by atoms with Crippen LogP contribution in [-0.4, -0.2) is 28.1 Å². The number of hydrogen-bond donors (Lipinski definition) is 1. The van der Waals surface area contributed by atoms with Crippen LogP contribution in [0.25, 0.3) is 16.5 Å². The van der Waals surface area contributed by atoms with E-state index in [0.717, 1.165) is 23.6 Å². The summed E-state index contributed by atoms with van der Waals surface area (Å²) in [7, 11) is 0. The van der Waals surface area contributed by atoms with Gasteiger partial charge in [-0.25, -0.2) is 4.99 Å². The number of benzene rings is 3. The van der Waals surface area contributed by atoms with Crippen LogP contribution >= 0.6 is 11.6 Å². The van der Waals surface area contributed by atoms with E-state index < -0.39 is 0 Å². The SMILES string of the molecule is O=C(N=C1CCCC1NC(=O)c1ccc(-n2ccccc2=O)cc1)c1ccc2cc(Cl)ccc2c1. The molecule has 6 nitrogen and oxygen atoms in total. The van der Waals surface area contributed by atoms with Crippen LogP contribution in [0.15, 0.2) is 94.8 Å². The summed E-state index contributed by atoms with van der Waals surface area (Å²) in [5.74, 6) is -0.567. The first kappa shape index (κ1) is 22.7. The van der Waals surface area contributed by atoms with Crippen molar-refractivity contribution in [3.63, 3.8) is 0 Å². The Balaban J connectivity index is 1.30. The summed E-state index contributed by atoms with van der Waals surface area (Å²) < 4.78 is 1.51. The molecule has 3 aromatic carbocycles. The minimum Gasteiger partial charge on any atom is -0.344 e. The molecule has 1 N–H and O–H groups in total. The Hall–Kier alpha value is -4.03. The van der Waals surface area contributed by atoms with Crippen LogP contribution in [0.3, 0.4) is 0 Å². The van der Waals surface area contributed by atoms with Gasteiger partial charge in [0.1, 0.15) is 0 Å². The number of carbonyl (C=O) groups excluding carboxylic acids is 2. The molecule has 1 saturated carbocycles. The third-order valence-corrected chi connectivity index (χ3v) is 6.39. The fourth-order valence-corrected chi connectivity index (χ4v) is 4.50. The van der Waals surface area contributed by atoms with Crippen LogP contribution in [0.5, 0.6) is 0 Å². The molecule has 1 fully saturated rings. The van der Waals surface area contributed by atoms with Gasteiger partial charge >= 0.3 is 0 Å². The van der Waals surface area contributed by atoms with Crippen LogP contribution in [0, 0.1) is 0 Å². The van der Waals surface area contributed by atoms with Gasteiger partial charge in [-0.05, 0) is 84.6 Å². The highest BCUT2D eigenvalue weighted by molar-refractivity contribution is 6.31. The number of nitrogens with zero attached hydrogens (tertiary/aromatic N) is 2. The molecule has 1 aliphatic rings. The molecule has 0 saturated heterocycles. The number of pyridine rings is 1. The Morgan fingerprint density at radius 3 is 2.46 bits per heavy atom. The van der Waals surface area contributed by atoms with Gasteiger partial charge in [0.05, 0.1) is 6.04 Å². The van der Waals surface area contributed by atoms with Gasteiger partial charge in [-0.3, -0.25) is 19.0 Å². The average molecular weight is 484 g/mol. The number of amides is 2. The Bertz CT molecular complexity index is 1520. The van der Waals surface area contributed by atoms with Crippen molar-refractivity contribution in [1.82, 2.24) is 9.88 Å². The molecule has 5 rings (SSSR count). The molecule has 0 radical (unpaired) electrons. The van der Waals surface area contributed by atoms with Gasteiger partial charge in [0.15, 0.2) is 0 Å². The predicted octanol–water partition coefficient (Wildman–Crippen LogP) is 5.21. The van der Waals surface area contributed by atoms with Crippen LogP contribution < -0.4 is 10.9 Å². The molecule has 2 amide bonds. The molecule has 174 valence electrons. The summed E-state index contributed by atoms with van der Waals surface area (Å²) in [6.07, 6.45) is 3.92. The van der Waals surface area contributed by atoms with Crippen LogP contribution in [0.4, 0.5) is 0 Å². The second-order valence-electron chi connectivity index (χ2n) is 8.49. The van der Waals surface area contributed by atoms with Crippen LogP contribution in [-0.2, 0) is 0 Å². The van der Waals surface area contributed by atoms with Gasteiger partial charge < -0.3 is 5.32 Å². The lowest BCUT2D eigenvalue weighted by atomic mass is 10.1. The molecule has 1 aromatic heterocycles. The van der Waals surface area contributed by atoms with Gasteiger partial charge in [0.25, 0.3) is 17.4 Å². The van der Waals surface area contributed by atoms with Crippen molar-refractivity contribution >= 4 is 39.9 Å². The van der Waals surface area contributed by atoms with E-state index in [-0.39, 0.29) is 23.4 Å². The zero-order chi connectivity index (χ0) is 24.4. The van der Waals surface area contributed by atoms with Crippen molar-refractivity contribution in [2.24, 2.45) is 4.99 Å². The number of halogens is 1. The second kappa shape index (κ2) is 9.68. The standard InChI is InChI=1S/C28H22ClN3O3/c29-22-12-9-19-16-21(8-7-20(19)17-22)28(35)31-25-5-3-4-24(25)30-27(34)18-10-13-23(14-11-18)32-15-2-1-6-26(32)33/h1-2,6-17,24H,3-5H2,(H,30,34). The highest BCUT2D eigenvalue weighted by atomic mass is 35.5. The van der Waals surface area contributed by atoms with Crippen molar-refractivity contribution in [2.45, 2.75) is 25.3 Å². The predicted molar refractivity (Wildman–Crippen MR) is 138 cm³/mol. The molecule has 1 aliphatic carbocycles. The largest absolute Gasteiger partial charge is 0.344 e. The minimum absolute atomic E-state index is 0.142. The summed E-state index contributed by atoms with van der Waals surface area (Å²) >= 11 is 6.04. The van der Waals surface area contributed by atoms with Crippen LogP contribution in [0.1, 0.15) is 40.0 Å². The fraction of sp³-hybridized carbons (Fsp3) is 0.143. The van der Waals surface area contributed by atoms with Crippen LogP contribution in [0.2, 0.25) is 5.02 Å². The zero-order valence-electron chi connectivity index (χ0n) is 18.8. The second-order valence-corrected chi connectivity index (χ2v) is 8.93. The third-order valence-electron chi connectivity index (χ3n) is 6.16. The number of fused-ring (bicyclic) bond motifs is 1. The molecule has 1 atom stereocenters. The lowest BCUT2D eigenvalue weighted by molar-refractivity contribution is 0.0943. The van der Waals surface area contributed by atoms with Gasteiger partial charge in [-0.15, -0.1) is 0 Å². The Labute approximate surface area is 206 Å². The average Bonchev–Trinajstić information content (AvgIpc) is 3.30. The van der Waals surface area contributed by atoms with E-state index in [2.05, 4.69) is 10.3 Å². The number of aliphatic imine (C=N–C) groups is 1. The van der Waals surface area contributed by atoms with Crippen molar-refractivity contribution in [3.8, 4) is 5.69 Å². The van der Waals surface area contributed by atoms with Gasteiger partial charge in [0, 0.05) is 39.8 Å². The minimum atomic E-state index is -0.323. The van der Waals surface area contributed by atoms with E-state index in [0.29, 0.717) is 34.0 Å². The quantitative estimate of drug-likeness (QED) is 0.432. The Kier molecular flexibility index (Phi) is 6.29. The lowest BCUT2D eigenvalue weighted by Crippen LogP contribution is -2.38. The summed E-state index contributed by atoms with van der Waals surface area (Å²) in [5, 5.41) is 5.52. The highest BCUT2D eigenvalue weighted by Crippen LogP contribution is 2.22. The van der Waals surface area contributed by atoms with E-state index in [1.807, 2.05) is 18.2 Å². The zero-order valence-corrected chi connectivity index (χ0v) is 19.5. The van der Waals surface area contributed by atoms with E-state index >= 15 is 0 Å². The first-order chi connectivity index (χ1) is 17.0. The lowest BCUT2D eigenvalue weighted by Gasteiger charge is -2.14. The van der Waals surface area contributed by atoms with E-state index in [1.54, 1.807) is 60.8 Å². The molecule has 4 aromatic rings. The molecule has 7 heteroatoms. The monoisotopic (exact) mass is 483 g/mol. The highest BCUT2D eigenvalue weighted by Gasteiger charge is 2.26. The Morgan fingerprint density at radius 1 is 0.914 bits per heavy atom. The fourth-order valence-electron chi connectivity index (χ4n) is 4.32. The van der Waals surface area contributed by atoms with Gasteiger partial charge in [0.2, 0.25) is 0 Å². The maximum Gasteiger partial charge on any atom is 0.276 e. The number of rotatable bonds is 4. The van der Waals surface area contributed by atoms with E-state index in [4.69, 9.17) is 11.6 Å². The molecule has 1 unspecified atom stereocenters. The number of aromatic nitrogens is 1. The maximum atomic E-state index is 12.9. The topological polar surface area (TPSA) is 80.5 Å². The summed E-state index contributed by atoms with van der Waals surface area (Å²) in [6, 6.07) is 22.4. The molecule has 35 heavy (non-hydrogen) atoms. The van der Waals surface area contributed by atoms with Gasteiger partial charge in [-0.1, -0.05) is 29.8 Å². The van der Waals surface area contributed by atoms with Crippen molar-refractivity contribution < 1.29 is 9.59 Å². The van der Waals surface area contributed by atoms with E-state index in [1.165, 1.54) is 10.6 Å². The number of nitrogens with one attached hydrogen (secondary N) is 1.